The minimum atomic E-state index is -0.922. The van der Waals surface area contributed by atoms with Crippen LogP contribution < -0.4 is 45.5 Å². The third-order valence-corrected chi connectivity index (χ3v) is 14.8. The number of rotatable bonds is 36. The number of unbranched alkanes of at least 4 members (excludes halogenated alkanes) is 7. The highest BCUT2D eigenvalue weighted by Gasteiger charge is 2.23. The molecule has 15 heteroatoms. The zero-order valence-corrected chi connectivity index (χ0v) is 47.6. The number of carboxylic acid groups (broad SMARTS) is 1. The Bertz CT molecular complexity index is 2830. The molecule has 3 amide bonds. The summed E-state index contributed by atoms with van der Waals surface area (Å²) < 4.78 is 4.87. The number of fused-ring (bicyclic) bond motifs is 4. The van der Waals surface area contributed by atoms with Gasteiger partial charge in [-0.15, -0.1) is 0 Å². The average molecular weight is 1070 g/mol. The third kappa shape index (κ3) is 18.7. The first-order valence-electron chi connectivity index (χ1n) is 28.7. The summed E-state index contributed by atoms with van der Waals surface area (Å²) in [5.74, 6) is -1.53. The predicted molar refractivity (Wildman–Crippen MR) is 316 cm³/mol. The van der Waals surface area contributed by atoms with Crippen LogP contribution in [0, 0.1) is 5.92 Å². The highest BCUT2D eigenvalue weighted by molar-refractivity contribution is 5.92. The molecule has 1 unspecified atom stereocenters. The van der Waals surface area contributed by atoms with Gasteiger partial charge >= 0.3 is 5.97 Å². The van der Waals surface area contributed by atoms with Gasteiger partial charge in [-0.25, -0.2) is 0 Å². The molecule has 0 fully saturated rings. The normalized spacial score (nSPS) is 11.8. The number of benzene rings is 4. The SMILES string of the molecule is CNCc1ccc2cc3ccc(CNC)cc3[n+](CCCCCC(=O)NCCCCCNC(=O)C(CCCCNC(=O)CCCC(=O)O)CC(=O)CCCCC[n+]3c4cc(N(C)C)ccc4cc4ccc(N(C)C)cc43)c2c1. The molecule has 0 radical (unpaired) electrons. The number of hydrogen-bond donors (Lipinski definition) is 6. The van der Waals surface area contributed by atoms with Crippen molar-refractivity contribution in [3.05, 3.63) is 96.1 Å². The van der Waals surface area contributed by atoms with Crippen molar-refractivity contribution in [2.24, 2.45) is 5.92 Å². The number of nitrogens with zero attached hydrogens (tertiary/aromatic N) is 4. The molecular weight excluding hydrogens is 979 g/mol. The summed E-state index contributed by atoms with van der Waals surface area (Å²) in [5, 5.41) is 29.3. The van der Waals surface area contributed by atoms with E-state index in [0.29, 0.717) is 51.7 Å². The maximum atomic E-state index is 13.6. The van der Waals surface area contributed by atoms with Gasteiger partial charge in [-0.2, -0.15) is 9.13 Å². The number of aryl methyl sites for hydroxylation is 2. The quantitative estimate of drug-likeness (QED) is 0.0127. The van der Waals surface area contributed by atoms with E-state index in [9.17, 15) is 24.0 Å². The Morgan fingerprint density at radius 3 is 1.40 bits per heavy atom. The Kier molecular flexibility index (Phi) is 24.5. The maximum Gasteiger partial charge on any atom is 0.303 e. The molecule has 78 heavy (non-hydrogen) atoms. The second-order valence-electron chi connectivity index (χ2n) is 21.6. The number of Topliss-reactive ketones (excluding diaryl/α,β-unsaturated/α-hetero) is 1. The summed E-state index contributed by atoms with van der Waals surface area (Å²) in [4.78, 5) is 67.3. The number of hydrogen-bond acceptors (Lipinski definition) is 9. The number of nitrogens with one attached hydrogen (secondary N) is 5. The molecule has 6 rings (SSSR count). The van der Waals surface area contributed by atoms with Crippen molar-refractivity contribution >= 4 is 84.5 Å². The number of amides is 3. The molecule has 4 aromatic carbocycles. The number of carboxylic acids is 1. The van der Waals surface area contributed by atoms with Gasteiger partial charge in [-0.05, 0) is 138 Å². The lowest BCUT2D eigenvalue weighted by atomic mass is 9.93. The number of pyridine rings is 2. The van der Waals surface area contributed by atoms with Crippen LogP contribution >= 0.6 is 0 Å². The lowest BCUT2D eigenvalue weighted by molar-refractivity contribution is -0.646. The number of aliphatic carboxylic acids is 1. The van der Waals surface area contributed by atoms with E-state index in [4.69, 9.17) is 5.11 Å². The van der Waals surface area contributed by atoms with Gasteiger partial charge in [0.15, 0.2) is 0 Å². The van der Waals surface area contributed by atoms with E-state index in [1.807, 2.05) is 14.1 Å². The van der Waals surface area contributed by atoms with Gasteiger partial charge in [-0.1, -0.05) is 18.6 Å². The number of aromatic nitrogens is 2. The van der Waals surface area contributed by atoms with Crippen molar-refractivity contribution in [2.75, 3.05) is 71.7 Å². The van der Waals surface area contributed by atoms with Crippen LogP contribution in [0.5, 0.6) is 0 Å². The fraction of sp³-hybridized carbons (Fsp3) is 0.508. The van der Waals surface area contributed by atoms with Crippen molar-refractivity contribution in [3.8, 4) is 0 Å². The number of carbonyl (C=O) groups is 5. The molecule has 6 aromatic rings. The van der Waals surface area contributed by atoms with E-state index < -0.39 is 11.9 Å². The monoisotopic (exact) mass is 1070 g/mol. The van der Waals surface area contributed by atoms with Crippen molar-refractivity contribution < 1.29 is 38.2 Å². The highest BCUT2D eigenvalue weighted by atomic mass is 16.4. The zero-order chi connectivity index (χ0) is 55.8. The Balaban J connectivity index is 0.925. The van der Waals surface area contributed by atoms with Crippen LogP contribution in [0.25, 0.3) is 43.6 Å². The minimum Gasteiger partial charge on any atom is -0.481 e. The van der Waals surface area contributed by atoms with Gasteiger partial charge < -0.3 is 41.5 Å². The van der Waals surface area contributed by atoms with Crippen LogP contribution in [-0.2, 0) is 50.2 Å². The van der Waals surface area contributed by atoms with Crippen molar-refractivity contribution in [1.29, 1.82) is 0 Å². The molecular formula is C63H89N9O6+2. The van der Waals surface area contributed by atoms with E-state index in [-0.39, 0.29) is 49.2 Å². The second kappa shape index (κ2) is 31.6. The Hall–Kier alpha value is -6.71. The standard InChI is InChI=1S/C63H87N9O6/c1-64-44-46-24-26-48-39-49-27-25-47(45-65-2)38-57(49)71(56(48)37-46)35-17-8-11-21-60(74)66-32-13-9-14-34-68-63(78)52(19-12-15-33-67-61(75)22-18-23-62(76)77)41-55(73)20-10-7-16-36-72-58-42-53(69(3)4)30-28-50(58)40-51-29-31-54(70(5)6)43-59(51)72/h24-31,37-40,42-43,52,64-65H,7-23,32-36,41,44-45H2,1-6H3,(H2-2,66,67,68,74,75,76,77,78)/p+2. The molecule has 2 heterocycles. The zero-order valence-electron chi connectivity index (χ0n) is 47.6. The van der Waals surface area contributed by atoms with Crippen LogP contribution in [-0.4, -0.2) is 96.5 Å². The molecule has 0 saturated carbocycles. The van der Waals surface area contributed by atoms with E-state index in [1.165, 1.54) is 54.7 Å². The average Bonchev–Trinajstić information content (AvgIpc) is 3.49. The maximum absolute atomic E-state index is 13.6. The van der Waals surface area contributed by atoms with Gasteiger partial charge in [0.05, 0.1) is 0 Å². The van der Waals surface area contributed by atoms with Crippen LogP contribution in [0.15, 0.2) is 84.9 Å². The van der Waals surface area contributed by atoms with Crippen LogP contribution in [0.3, 0.4) is 0 Å². The first kappa shape index (κ1) is 60.5. The van der Waals surface area contributed by atoms with Crippen molar-refractivity contribution in [2.45, 2.75) is 142 Å². The van der Waals surface area contributed by atoms with E-state index in [2.05, 4.69) is 159 Å². The highest BCUT2D eigenvalue weighted by Crippen LogP contribution is 2.27. The first-order chi connectivity index (χ1) is 37.7. The van der Waals surface area contributed by atoms with Crippen molar-refractivity contribution in [1.82, 2.24) is 26.6 Å². The molecule has 0 aliphatic rings. The number of carbonyl (C=O) groups excluding carboxylic acids is 4. The van der Waals surface area contributed by atoms with Gasteiger partial charge in [0.2, 0.25) is 39.8 Å². The lowest BCUT2D eigenvalue weighted by Crippen LogP contribution is -2.36. The number of anilines is 2. The summed E-state index contributed by atoms with van der Waals surface area (Å²) in [5.41, 5.74) is 9.58. The Morgan fingerprint density at radius 2 is 0.910 bits per heavy atom. The van der Waals surface area contributed by atoms with E-state index in [1.54, 1.807) is 0 Å². The summed E-state index contributed by atoms with van der Waals surface area (Å²) in [6, 6.07) is 31.1. The summed E-state index contributed by atoms with van der Waals surface area (Å²) in [6.45, 7) is 4.81. The Morgan fingerprint density at radius 1 is 0.474 bits per heavy atom. The molecule has 2 aromatic heterocycles. The first-order valence-corrected chi connectivity index (χ1v) is 28.7. The smallest absolute Gasteiger partial charge is 0.303 e. The van der Waals surface area contributed by atoms with Gasteiger partial charge in [0, 0.05) is 169 Å². The van der Waals surface area contributed by atoms with Crippen molar-refractivity contribution in [3.63, 3.8) is 0 Å². The molecule has 420 valence electrons. The topological polar surface area (TPSA) is 180 Å². The molecule has 0 aliphatic heterocycles. The number of ketones is 1. The predicted octanol–water partition coefficient (Wildman–Crippen LogP) is 8.79. The van der Waals surface area contributed by atoms with Crippen LogP contribution in [0.4, 0.5) is 11.4 Å². The molecule has 0 aliphatic carbocycles. The van der Waals surface area contributed by atoms with Gasteiger partial charge in [0.1, 0.15) is 18.9 Å². The summed E-state index contributed by atoms with van der Waals surface area (Å²) in [6.07, 6.45) is 11.0. The largest absolute Gasteiger partial charge is 0.481 e. The van der Waals surface area contributed by atoms with E-state index in [0.717, 1.165) is 95.3 Å². The third-order valence-electron chi connectivity index (χ3n) is 14.8. The molecule has 0 bridgehead atoms. The molecule has 6 N–H and O–H groups in total. The van der Waals surface area contributed by atoms with Crippen LogP contribution in [0.1, 0.15) is 127 Å². The molecule has 0 saturated heterocycles. The fourth-order valence-corrected chi connectivity index (χ4v) is 10.5. The fourth-order valence-electron chi connectivity index (χ4n) is 10.5. The molecule has 1 atom stereocenters. The summed E-state index contributed by atoms with van der Waals surface area (Å²) in [7, 11) is 12.2. The molecule has 0 spiro atoms. The lowest BCUT2D eigenvalue weighted by Gasteiger charge is -2.17. The Labute approximate surface area is 462 Å². The van der Waals surface area contributed by atoms with Crippen LogP contribution in [0.2, 0.25) is 0 Å². The second-order valence-corrected chi connectivity index (χ2v) is 21.6. The molecule has 15 nitrogen and oxygen atoms in total. The van der Waals surface area contributed by atoms with Gasteiger partial charge in [0.25, 0.3) is 0 Å². The van der Waals surface area contributed by atoms with Gasteiger partial charge in [-0.3, -0.25) is 24.0 Å². The minimum absolute atomic E-state index is 0.0468. The summed E-state index contributed by atoms with van der Waals surface area (Å²) >= 11 is 0. The van der Waals surface area contributed by atoms with E-state index >= 15 is 0 Å².